The zero-order valence-electron chi connectivity index (χ0n) is 18.5. The Labute approximate surface area is 221 Å². The number of rotatable bonds is 8. The molecule has 10 nitrogen and oxygen atoms in total. The van der Waals surface area contributed by atoms with E-state index in [2.05, 4.69) is 41.7 Å². The number of aromatic nitrogens is 6. The van der Waals surface area contributed by atoms with E-state index in [0.29, 0.717) is 45.5 Å². The zero-order chi connectivity index (χ0) is 25.1. The van der Waals surface area contributed by atoms with Crippen molar-refractivity contribution in [2.24, 2.45) is 0 Å². The van der Waals surface area contributed by atoms with E-state index in [-0.39, 0.29) is 11.3 Å². The average molecular weight is 587 g/mol. The SMILES string of the molecule is O=C(c1ccno1)n1nc(-c2cc(Br)n(CCc3ccnnc3)c(=O)c2)cc1NCc1ccc(Cl)s1. The van der Waals surface area contributed by atoms with Crippen LogP contribution in [0.3, 0.4) is 0 Å². The van der Waals surface area contributed by atoms with Crippen molar-refractivity contribution in [2.75, 3.05) is 5.32 Å². The average Bonchev–Trinajstić information content (AvgIpc) is 3.64. The smallest absolute Gasteiger partial charge is 0.318 e. The van der Waals surface area contributed by atoms with Crippen LogP contribution in [0.15, 0.2) is 75.0 Å². The normalized spacial score (nSPS) is 11.1. The molecule has 0 unspecified atom stereocenters. The Bertz CT molecular complexity index is 1560. The molecule has 0 aromatic carbocycles. The number of nitrogens with zero attached hydrogens (tertiary/aromatic N) is 6. The van der Waals surface area contributed by atoms with E-state index in [4.69, 9.17) is 16.1 Å². The maximum absolute atomic E-state index is 13.0. The Hall–Kier alpha value is -3.61. The number of carbonyl (C=O) groups excluding carboxylic acids is 1. The van der Waals surface area contributed by atoms with Crippen LogP contribution in [0.4, 0.5) is 5.82 Å². The summed E-state index contributed by atoms with van der Waals surface area (Å²) in [7, 11) is 0. The van der Waals surface area contributed by atoms with Crippen molar-refractivity contribution >= 4 is 50.6 Å². The van der Waals surface area contributed by atoms with Gasteiger partial charge in [-0.2, -0.15) is 20.0 Å². The molecule has 0 saturated heterocycles. The van der Waals surface area contributed by atoms with Gasteiger partial charge in [0.15, 0.2) is 0 Å². The van der Waals surface area contributed by atoms with E-state index >= 15 is 0 Å². The van der Waals surface area contributed by atoms with Gasteiger partial charge in [-0.3, -0.25) is 9.59 Å². The van der Waals surface area contributed by atoms with Crippen LogP contribution in [-0.2, 0) is 19.5 Å². The lowest BCUT2D eigenvalue weighted by Gasteiger charge is -2.09. The van der Waals surface area contributed by atoms with Crippen LogP contribution in [-0.4, -0.2) is 35.6 Å². The molecule has 5 aromatic rings. The summed E-state index contributed by atoms with van der Waals surface area (Å²) in [5.41, 5.74) is 1.76. The van der Waals surface area contributed by atoms with Gasteiger partial charge >= 0.3 is 5.91 Å². The molecular formula is C23H17BrClN7O3S. The predicted octanol–water partition coefficient (Wildman–Crippen LogP) is 4.51. The summed E-state index contributed by atoms with van der Waals surface area (Å²) in [6.07, 6.45) is 5.29. The van der Waals surface area contributed by atoms with Crippen molar-refractivity contribution in [1.82, 2.24) is 29.7 Å². The number of pyridine rings is 1. The van der Waals surface area contributed by atoms with Crippen LogP contribution in [0, 0.1) is 0 Å². The minimum absolute atomic E-state index is 0.0362. The van der Waals surface area contributed by atoms with Gasteiger partial charge in [-0.25, -0.2) is 0 Å². The van der Waals surface area contributed by atoms with Gasteiger partial charge in [0.25, 0.3) is 5.56 Å². The molecule has 0 bridgehead atoms. The number of thiophene rings is 1. The Kier molecular flexibility index (Phi) is 7.07. The molecule has 0 aliphatic rings. The van der Waals surface area contributed by atoms with E-state index in [1.54, 1.807) is 29.1 Å². The van der Waals surface area contributed by atoms with Crippen LogP contribution in [0.5, 0.6) is 0 Å². The van der Waals surface area contributed by atoms with Crippen molar-refractivity contribution in [1.29, 1.82) is 0 Å². The monoisotopic (exact) mass is 585 g/mol. The topological polar surface area (TPSA) is 121 Å². The van der Waals surface area contributed by atoms with Crippen LogP contribution >= 0.6 is 38.9 Å². The summed E-state index contributed by atoms with van der Waals surface area (Å²) in [5.74, 6) is -0.0284. The summed E-state index contributed by atoms with van der Waals surface area (Å²) < 4.78 is 9.10. The highest BCUT2D eigenvalue weighted by atomic mass is 79.9. The fourth-order valence-corrected chi connectivity index (χ4v) is 5.12. The van der Waals surface area contributed by atoms with Crippen LogP contribution in [0.25, 0.3) is 11.3 Å². The van der Waals surface area contributed by atoms with E-state index in [0.717, 1.165) is 10.4 Å². The van der Waals surface area contributed by atoms with Gasteiger partial charge in [0.2, 0.25) is 5.76 Å². The first kappa shape index (κ1) is 24.1. The van der Waals surface area contributed by atoms with Crippen molar-refractivity contribution in [3.8, 4) is 11.3 Å². The molecule has 1 N–H and O–H groups in total. The molecule has 0 saturated carbocycles. The summed E-state index contributed by atoms with van der Waals surface area (Å²) in [4.78, 5) is 26.9. The Balaban J connectivity index is 1.44. The second kappa shape index (κ2) is 10.6. The third-order valence-electron chi connectivity index (χ3n) is 5.27. The molecule has 0 amide bonds. The van der Waals surface area contributed by atoms with E-state index in [1.807, 2.05) is 18.2 Å². The molecule has 13 heteroatoms. The number of hydrogen-bond acceptors (Lipinski definition) is 9. The molecule has 0 atom stereocenters. The first-order valence-corrected chi connectivity index (χ1v) is 12.7. The lowest BCUT2D eigenvalue weighted by molar-refractivity contribution is 0.0911. The van der Waals surface area contributed by atoms with Gasteiger partial charge < -0.3 is 14.4 Å². The first-order chi connectivity index (χ1) is 17.5. The lowest BCUT2D eigenvalue weighted by Crippen LogP contribution is -2.21. The number of carbonyl (C=O) groups is 1. The second-order valence-corrected chi connectivity index (χ2v) is 10.2. The second-order valence-electron chi connectivity index (χ2n) is 7.63. The summed E-state index contributed by atoms with van der Waals surface area (Å²) in [5, 5.41) is 18.9. The number of nitrogens with one attached hydrogen (secondary N) is 1. The summed E-state index contributed by atoms with van der Waals surface area (Å²) in [6, 6.07) is 12.0. The van der Waals surface area contributed by atoms with Crippen LogP contribution in [0.1, 0.15) is 21.0 Å². The van der Waals surface area contributed by atoms with Crippen molar-refractivity contribution < 1.29 is 9.32 Å². The predicted molar refractivity (Wildman–Crippen MR) is 138 cm³/mol. The first-order valence-electron chi connectivity index (χ1n) is 10.7. The maximum Gasteiger partial charge on any atom is 0.318 e. The van der Waals surface area contributed by atoms with Gasteiger partial charge in [0.1, 0.15) is 5.82 Å². The van der Waals surface area contributed by atoms with Crippen molar-refractivity contribution in [3.63, 3.8) is 0 Å². The van der Waals surface area contributed by atoms with Crippen LogP contribution < -0.4 is 10.9 Å². The molecule has 182 valence electrons. The highest BCUT2D eigenvalue weighted by Gasteiger charge is 2.21. The maximum atomic E-state index is 13.0. The van der Waals surface area contributed by atoms with Crippen LogP contribution in [0.2, 0.25) is 4.34 Å². The van der Waals surface area contributed by atoms with Gasteiger partial charge in [0.05, 0.1) is 33.6 Å². The number of aryl methyl sites for hydroxylation is 1. The molecule has 0 radical (unpaired) electrons. The highest BCUT2D eigenvalue weighted by molar-refractivity contribution is 9.10. The molecule has 0 spiro atoms. The molecule has 5 aromatic heterocycles. The minimum Gasteiger partial charge on any atom is -0.365 e. The van der Waals surface area contributed by atoms with E-state index in [1.165, 1.54) is 34.3 Å². The molecule has 5 rings (SSSR count). The standard InChI is InChI=1S/C23H17BrClN7O3S/c24-19-9-15(10-22(33)31(19)8-5-14-3-6-27-28-12-14)17-11-21(26-13-16-1-2-20(25)36-16)32(30-17)23(34)18-4-7-29-35-18/h1-4,6-7,9-12,26H,5,8,13H2. The van der Waals surface area contributed by atoms with Gasteiger partial charge in [-0.1, -0.05) is 16.8 Å². The van der Waals surface area contributed by atoms with Crippen molar-refractivity contribution in [2.45, 2.75) is 19.5 Å². The largest absolute Gasteiger partial charge is 0.365 e. The quantitative estimate of drug-likeness (QED) is 0.264. The summed E-state index contributed by atoms with van der Waals surface area (Å²) >= 11 is 11.0. The van der Waals surface area contributed by atoms with Gasteiger partial charge in [-0.15, -0.1) is 11.3 Å². The lowest BCUT2D eigenvalue weighted by atomic mass is 10.2. The fraction of sp³-hybridized carbons (Fsp3) is 0.130. The van der Waals surface area contributed by atoms with Gasteiger partial charge in [-0.05, 0) is 52.2 Å². The zero-order valence-corrected chi connectivity index (χ0v) is 21.6. The van der Waals surface area contributed by atoms with E-state index in [9.17, 15) is 9.59 Å². The molecule has 0 fully saturated rings. The number of anilines is 1. The van der Waals surface area contributed by atoms with Gasteiger partial charge in [0, 0.05) is 41.4 Å². The minimum atomic E-state index is -0.496. The fourth-order valence-electron chi connectivity index (χ4n) is 3.49. The number of hydrogen-bond donors (Lipinski definition) is 1. The van der Waals surface area contributed by atoms with Crippen molar-refractivity contribution in [3.05, 3.63) is 96.5 Å². The molecular weight excluding hydrogens is 570 g/mol. The van der Waals surface area contributed by atoms with E-state index < -0.39 is 5.91 Å². The number of halogens is 2. The Morgan fingerprint density at radius 1 is 1.14 bits per heavy atom. The molecule has 0 aliphatic heterocycles. The molecule has 36 heavy (non-hydrogen) atoms. The Morgan fingerprint density at radius 2 is 2.03 bits per heavy atom. The third kappa shape index (κ3) is 5.30. The molecule has 5 heterocycles. The third-order valence-corrected chi connectivity index (χ3v) is 7.15. The Morgan fingerprint density at radius 3 is 2.72 bits per heavy atom. The summed E-state index contributed by atoms with van der Waals surface area (Å²) in [6.45, 7) is 0.890. The highest BCUT2D eigenvalue weighted by Crippen LogP contribution is 2.26. The molecule has 0 aliphatic carbocycles.